The van der Waals surface area contributed by atoms with Crippen molar-refractivity contribution < 1.29 is 18.4 Å². The van der Waals surface area contributed by atoms with Crippen LogP contribution in [0.4, 0.5) is 20.3 Å². The Morgan fingerprint density at radius 1 is 1.09 bits per heavy atom. The van der Waals surface area contributed by atoms with Crippen LogP contribution in [0.25, 0.3) is 0 Å². The second-order valence-electron chi connectivity index (χ2n) is 4.27. The molecule has 120 valence electrons. The monoisotopic (exact) mass is 359 g/mol. The third-order valence-corrected chi connectivity index (χ3v) is 3.29. The molecule has 0 aliphatic heterocycles. The number of nitrogens with zero attached hydrogens (tertiary/aromatic N) is 1. The summed E-state index contributed by atoms with van der Waals surface area (Å²) >= 11 is 11.9. The number of pyridine rings is 1. The summed E-state index contributed by atoms with van der Waals surface area (Å²) in [7, 11) is 0. The Hall–Kier alpha value is -2.25. The molecular weight excluding hydrogens is 351 g/mol. The minimum absolute atomic E-state index is 0.0748. The number of benzene rings is 1. The number of nitrogens with one attached hydrogen (secondary N) is 2. The van der Waals surface area contributed by atoms with E-state index in [2.05, 4.69) is 10.3 Å². The van der Waals surface area contributed by atoms with Crippen molar-refractivity contribution in [2.24, 2.45) is 0 Å². The van der Waals surface area contributed by atoms with Crippen LogP contribution < -0.4 is 10.6 Å². The quantitative estimate of drug-likeness (QED) is 0.870. The van der Waals surface area contributed by atoms with Crippen LogP contribution in [0.2, 0.25) is 10.0 Å². The van der Waals surface area contributed by atoms with Crippen LogP contribution in [0.3, 0.4) is 0 Å². The first kappa shape index (κ1) is 17.1. The molecule has 2 rings (SSSR count). The van der Waals surface area contributed by atoms with Crippen LogP contribution in [0.5, 0.6) is 0 Å². The Labute approximate surface area is 139 Å². The average Bonchev–Trinajstić information content (AvgIpc) is 2.47. The maximum Gasteiger partial charge on any atom is 0.315 e. The molecule has 0 aliphatic carbocycles. The topological polar surface area (TPSA) is 71.1 Å². The highest BCUT2D eigenvalue weighted by atomic mass is 35.5. The fraction of sp³-hybridized carbons (Fsp3) is 0.0714. The summed E-state index contributed by atoms with van der Waals surface area (Å²) in [6.45, 7) is 0. The van der Waals surface area contributed by atoms with E-state index in [0.717, 1.165) is 0 Å². The summed E-state index contributed by atoms with van der Waals surface area (Å²) in [4.78, 5) is 26.8. The molecule has 0 radical (unpaired) electrons. The lowest BCUT2D eigenvalue weighted by atomic mass is 10.2. The minimum atomic E-state index is -3.17. The SMILES string of the molecule is O=C(Nc1ccnc(NC(=O)C(F)F)c1)c1c(Cl)cccc1Cl. The highest BCUT2D eigenvalue weighted by Crippen LogP contribution is 2.25. The molecule has 2 aromatic rings. The van der Waals surface area contributed by atoms with Gasteiger partial charge in [-0.05, 0) is 18.2 Å². The van der Waals surface area contributed by atoms with Gasteiger partial charge in [-0.1, -0.05) is 29.3 Å². The molecule has 0 atom stereocenters. The number of carbonyl (C=O) groups excluding carboxylic acids is 2. The van der Waals surface area contributed by atoms with Gasteiger partial charge in [0.25, 0.3) is 11.8 Å². The van der Waals surface area contributed by atoms with Crippen molar-refractivity contribution in [2.45, 2.75) is 6.43 Å². The van der Waals surface area contributed by atoms with E-state index in [0.29, 0.717) is 0 Å². The predicted molar refractivity (Wildman–Crippen MR) is 83.3 cm³/mol. The molecule has 1 heterocycles. The van der Waals surface area contributed by atoms with E-state index in [1.807, 2.05) is 5.32 Å². The number of hydrogen-bond donors (Lipinski definition) is 2. The lowest BCUT2D eigenvalue weighted by Gasteiger charge is -2.09. The number of alkyl halides is 2. The van der Waals surface area contributed by atoms with Gasteiger partial charge in [-0.2, -0.15) is 8.78 Å². The first-order valence-corrected chi connectivity index (χ1v) is 6.94. The highest BCUT2D eigenvalue weighted by Gasteiger charge is 2.17. The smallest absolute Gasteiger partial charge is 0.315 e. The molecule has 23 heavy (non-hydrogen) atoms. The molecule has 0 bridgehead atoms. The van der Waals surface area contributed by atoms with E-state index in [1.54, 1.807) is 6.07 Å². The van der Waals surface area contributed by atoms with Crippen molar-refractivity contribution in [1.29, 1.82) is 0 Å². The van der Waals surface area contributed by atoms with Crippen LogP contribution >= 0.6 is 23.2 Å². The van der Waals surface area contributed by atoms with Gasteiger partial charge in [0.2, 0.25) is 0 Å². The predicted octanol–water partition coefficient (Wildman–Crippen LogP) is 3.84. The molecule has 1 aromatic heterocycles. The van der Waals surface area contributed by atoms with E-state index in [1.165, 1.54) is 30.5 Å². The standard InChI is InChI=1S/C14H9Cl2F2N3O2/c15-8-2-1-3-9(16)11(8)13(22)20-7-4-5-19-10(6-7)21-14(23)12(17)18/h1-6,12H,(H2,19,20,21,22,23). The fourth-order valence-electron chi connectivity index (χ4n) is 1.67. The van der Waals surface area contributed by atoms with Gasteiger partial charge in [0, 0.05) is 18.0 Å². The van der Waals surface area contributed by atoms with Crippen LogP contribution in [0.15, 0.2) is 36.5 Å². The number of hydrogen-bond acceptors (Lipinski definition) is 3. The van der Waals surface area contributed by atoms with Gasteiger partial charge >= 0.3 is 6.43 Å². The van der Waals surface area contributed by atoms with Crippen LogP contribution in [0, 0.1) is 0 Å². The Morgan fingerprint density at radius 2 is 1.74 bits per heavy atom. The molecule has 0 spiro atoms. The van der Waals surface area contributed by atoms with Crippen molar-refractivity contribution >= 4 is 46.5 Å². The summed E-state index contributed by atoms with van der Waals surface area (Å²) in [6.07, 6.45) is -1.93. The number of halogens is 4. The van der Waals surface area contributed by atoms with Gasteiger partial charge in [0.05, 0.1) is 15.6 Å². The number of rotatable bonds is 4. The minimum Gasteiger partial charge on any atom is -0.322 e. The first-order chi connectivity index (χ1) is 10.9. The second-order valence-corrected chi connectivity index (χ2v) is 5.08. The van der Waals surface area contributed by atoms with Crippen LogP contribution in [0.1, 0.15) is 10.4 Å². The number of anilines is 2. The highest BCUT2D eigenvalue weighted by molar-refractivity contribution is 6.40. The molecule has 2 amide bonds. The molecular formula is C14H9Cl2F2N3O2. The molecule has 0 aliphatic rings. The van der Waals surface area contributed by atoms with Gasteiger partial charge in [0.1, 0.15) is 5.82 Å². The van der Waals surface area contributed by atoms with Gasteiger partial charge < -0.3 is 10.6 Å². The van der Waals surface area contributed by atoms with E-state index in [-0.39, 0.29) is 27.1 Å². The molecule has 9 heteroatoms. The van der Waals surface area contributed by atoms with Crippen LogP contribution in [-0.2, 0) is 4.79 Å². The summed E-state index contributed by atoms with van der Waals surface area (Å²) in [5.74, 6) is -2.20. The molecule has 0 saturated heterocycles. The largest absolute Gasteiger partial charge is 0.322 e. The third-order valence-electron chi connectivity index (χ3n) is 2.66. The van der Waals surface area contributed by atoms with Gasteiger partial charge in [0.15, 0.2) is 0 Å². The summed E-state index contributed by atoms with van der Waals surface area (Å²) in [6, 6.07) is 7.24. The Bertz CT molecular complexity index is 736. The van der Waals surface area contributed by atoms with E-state index in [9.17, 15) is 18.4 Å². The second kappa shape index (κ2) is 7.34. The summed E-state index contributed by atoms with van der Waals surface area (Å²) < 4.78 is 24.4. The van der Waals surface area contributed by atoms with E-state index < -0.39 is 18.2 Å². The molecule has 0 unspecified atom stereocenters. The zero-order valence-corrected chi connectivity index (χ0v) is 12.8. The van der Waals surface area contributed by atoms with Gasteiger partial charge in [-0.25, -0.2) is 4.98 Å². The maximum absolute atomic E-state index is 12.2. The average molecular weight is 360 g/mol. The fourth-order valence-corrected chi connectivity index (χ4v) is 2.23. The Morgan fingerprint density at radius 3 is 2.35 bits per heavy atom. The molecule has 2 N–H and O–H groups in total. The van der Waals surface area contributed by atoms with Crippen molar-refractivity contribution in [3.8, 4) is 0 Å². The van der Waals surface area contributed by atoms with Gasteiger partial charge in [-0.15, -0.1) is 0 Å². The summed E-state index contributed by atoms with van der Waals surface area (Å²) in [5.41, 5.74) is 0.302. The van der Waals surface area contributed by atoms with Crippen molar-refractivity contribution in [1.82, 2.24) is 4.98 Å². The lowest BCUT2D eigenvalue weighted by molar-refractivity contribution is -0.126. The Balaban J connectivity index is 2.17. The van der Waals surface area contributed by atoms with Gasteiger partial charge in [-0.3, -0.25) is 9.59 Å². The van der Waals surface area contributed by atoms with Crippen molar-refractivity contribution in [3.05, 3.63) is 52.1 Å². The first-order valence-electron chi connectivity index (χ1n) is 6.19. The molecule has 5 nitrogen and oxygen atoms in total. The zero-order chi connectivity index (χ0) is 17.0. The maximum atomic E-state index is 12.2. The number of amides is 2. The van der Waals surface area contributed by atoms with Crippen LogP contribution in [-0.4, -0.2) is 23.2 Å². The Kier molecular flexibility index (Phi) is 5.46. The normalized spacial score (nSPS) is 10.5. The molecule has 1 aromatic carbocycles. The molecule has 0 saturated carbocycles. The summed E-state index contributed by atoms with van der Waals surface area (Å²) in [5, 5.41) is 4.73. The van der Waals surface area contributed by atoms with Crippen molar-refractivity contribution in [2.75, 3.05) is 10.6 Å². The lowest BCUT2D eigenvalue weighted by Crippen LogP contribution is -2.21. The zero-order valence-electron chi connectivity index (χ0n) is 11.3. The van der Waals surface area contributed by atoms with E-state index >= 15 is 0 Å². The van der Waals surface area contributed by atoms with E-state index in [4.69, 9.17) is 23.2 Å². The van der Waals surface area contributed by atoms with Crippen molar-refractivity contribution in [3.63, 3.8) is 0 Å². The number of aromatic nitrogens is 1. The third kappa shape index (κ3) is 4.37. The molecule has 0 fully saturated rings. The number of carbonyl (C=O) groups is 2.